The fourth-order valence-corrected chi connectivity index (χ4v) is 3.92. The van der Waals surface area contributed by atoms with Crippen molar-refractivity contribution >= 4 is 33.2 Å². The number of rotatable bonds is 2. The van der Waals surface area contributed by atoms with Crippen LogP contribution < -0.4 is 20.3 Å². The van der Waals surface area contributed by atoms with E-state index in [9.17, 15) is 9.59 Å². The number of ether oxygens (including phenoxy) is 2. The Morgan fingerprint density at radius 1 is 0.962 bits per heavy atom. The lowest BCUT2D eigenvalue weighted by molar-refractivity contribution is 0.0848. The van der Waals surface area contributed by atoms with Gasteiger partial charge in [-0.3, -0.25) is 20.4 Å². The summed E-state index contributed by atoms with van der Waals surface area (Å²) in [5.74, 6) is 0.372. The number of fused-ring (bicyclic) bond motifs is 2. The summed E-state index contributed by atoms with van der Waals surface area (Å²) >= 11 is 1.40. The highest BCUT2D eigenvalue weighted by molar-refractivity contribution is 7.21. The van der Waals surface area contributed by atoms with Gasteiger partial charge in [-0.25, -0.2) is 0 Å². The maximum Gasteiger partial charge on any atom is 0.280 e. The molecule has 1 aromatic heterocycles. The van der Waals surface area contributed by atoms with Gasteiger partial charge in [0, 0.05) is 10.3 Å². The van der Waals surface area contributed by atoms with Crippen LogP contribution in [0, 0.1) is 6.92 Å². The molecule has 132 valence electrons. The van der Waals surface area contributed by atoms with Gasteiger partial charge in [0.05, 0.1) is 4.88 Å². The molecule has 0 unspecified atom stereocenters. The molecule has 4 rings (SSSR count). The topological polar surface area (TPSA) is 76.7 Å². The van der Waals surface area contributed by atoms with Crippen LogP contribution in [0.1, 0.15) is 25.6 Å². The third-order valence-corrected chi connectivity index (χ3v) is 5.42. The predicted molar refractivity (Wildman–Crippen MR) is 98.9 cm³/mol. The minimum Gasteiger partial charge on any atom is -0.486 e. The molecule has 0 spiro atoms. The van der Waals surface area contributed by atoms with Gasteiger partial charge in [0.2, 0.25) is 0 Å². The molecule has 7 heteroatoms. The van der Waals surface area contributed by atoms with Gasteiger partial charge in [-0.2, -0.15) is 0 Å². The van der Waals surface area contributed by atoms with Gasteiger partial charge in [0.1, 0.15) is 13.2 Å². The molecule has 3 aromatic rings. The van der Waals surface area contributed by atoms with E-state index in [0.29, 0.717) is 35.2 Å². The van der Waals surface area contributed by atoms with Gasteiger partial charge < -0.3 is 9.47 Å². The van der Waals surface area contributed by atoms with E-state index in [1.165, 1.54) is 11.3 Å². The Hall–Kier alpha value is -3.06. The molecule has 1 aliphatic rings. The van der Waals surface area contributed by atoms with Crippen molar-refractivity contribution in [3.8, 4) is 11.5 Å². The van der Waals surface area contributed by atoms with Crippen molar-refractivity contribution in [2.75, 3.05) is 13.2 Å². The number of hydrogen-bond donors (Lipinski definition) is 2. The summed E-state index contributed by atoms with van der Waals surface area (Å²) < 4.78 is 11.9. The molecule has 0 bridgehead atoms. The van der Waals surface area contributed by atoms with E-state index in [-0.39, 0.29) is 5.91 Å². The van der Waals surface area contributed by atoms with Crippen molar-refractivity contribution in [3.05, 3.63) is 58.5 Å². The van der Waals surface area contributed by atoms with E-state index in [1.54, 1.807) is 18.2 Å². The van der Waals surface area contributed by atoms with Crippen molar-refractivity contribution in [2.45, 2.75) is 6.92 Å². The Bertz CT molecular complexity index is 1010. The quantitative estimate of drug-likeness (QED) is 0.682. The Morgan fingerprint density at radius 3 is 2.50 bits per heavy atom. The zero-order chi connectivity index (χ0) is 18.1. The molecule has 0 fully saturated rings. The number of hydrogen-bond acceptors (Lipinski definition) is 5. The third-order valence-electron chi connectivity index (χ3n) is 4.14. The lowest BCUT2D eigenvalue weighted by Gasteiger charge is -2.18. The highest BCUT2D eigenvalue weighted by Gasteiger charge is 2.18. The van der Waals surface area contributed by atoms with Crippen molar-refractivity contribution in [1.29, 1.82) is 0 Å². The number of hydrazine groups is 1. The standard InChI is InChI=1S/C19H16N2O4S/c1-11-13-4-2-3-5-16(13)26-17(11)19(23)21-20-18(22)12-6-7-14-15(10-12)25-9-8-24-14/h2-7,10H,8-9H2,1H3,(H,20,22)(H,21,23). The Balaban J connectivity index is 1.47. The molecule has 2 amide bonds. The maximum atomic E-state index is 12.4. The summed E-state index contributed by atoms with van der Waals surface area (Å²) in [6.07, 6.45) is 0. The summed E-state index contributed by atoms with van der Waals surface area (Å²) in [6.45, 7) is 2.83. The number of aryl methyl sites for hydroxylation is 1. The summed E-state index contributed by atoms with van der Waals surface area (Å²) in [5, 5.41) is 1.04. The first-order valence-corrected chi connectivity index (χ1v) is 8.93. The molecule has 0 atom stereocenters. The first-order chi connectivity index (χ1) is 12.6. The first-order valence-electron chi connectivity index (χ1n) is 8.12. The summed E-state index contributed by atoms with van der Waals surface area (Å²) in [5.41, 5.74) is 6.20. The molecule has 2 heterocycles. The second-order valence-corrected chi connectivity index (χ2v) is 6.87. The smallest absolute Gasteiger partial charge is 0.280 e. The fourth-order valence-electron chi connectivity index (χ4n) is 2.82. The van der Waals surface area contributed by atoms with Crippen LogP contribution in [0.3, 0.4) is 0 Å². The van der Waals surface area contributed by atoms with Crippen LogP contribution in [0.25, 0.3) is 10.1 Å². The average molecular weight is 368 g/mol. The van der Waals surface area contributed by atoms with Gasteiger partial charge in [0.25, 0.3) is 11.8 Å². The zero-order valence-corrected chi connectivity index (χ0v) is 14.8. The van der Waals surface area contributed by atoms with Crippen molar-refractivity contribution < 1.29 is 19.1 Å². The van der Waals surface area contributed by atoms with E-state index in [4.69, 9.17) is 9.47 Å². The molecular formula is C19H16N2O4S. The van der Waals surface area contributed by atoms with E-state index in [1.807, 2.05) is 31.2 Å². The monoisotopic (exact) mass is 368 g/mol. The Kier molecular flexibility index (Phi) is 4.22. The van der Waals surface area contributed by atoms with Crippen molar-refractivity contribution in [1.82, 2.24) is 10.9 Å². The molecule has 0 radical (unpaired) electrons. The molecule has 6 nitrogen and oxygen atoms in total. The molecular weight excluding hydrogens is 352 g/mol. The van der Waals surface area contributed by atoms with E-state index >= 15 is 0 Å². The normalized spacial score (nSPS) is 12.7. The molecule has 1 aliphatic heterocycles. The summed E-state index contributed by atoms with van der Waals surface area (Å²) in [4.78, 5) is 25.3. The van der Waals surface area contributed by atoms with Crippen LogP contribution >= 0.6 is 11.3 Å². The largest absolute Gasteiger partial charge is 0.486 e. The molecule has 0 aliphatic carbocycles. The second-order valence-electron chi connectivity index (χ2n) is 5.82. The first kappa shape index (κ1) is 16.4. The number of amides is 2. The maximum absolute atomic E-state index is 12.4. The Morgan fingerprint density at radius 2 is 1.69 bits per heavy atom. The number of carbonyl (C=O) groups is 2. The third kappa shape index (κ3) is 2.97. The van der Waals surface area contributed by atoms with E-state index < -0.39 is 5.91 Å². The molecule has 0 saturated heterocycles. The van der Waals surface area contributed by atoms with Crippen LogP contribution in [0.2, 0.25) is 0 Å². The van der Waals surface area contributed by atoms with Crippen LogP contribution in [0.4, 0.5) is 0 Å². The minimum absolute atomic E-state index is 0.338. The summed E-state index contributed by atoms with van der Waals surface area (Å²) in [7, 11) is 0. The number of carbonyl (C=O) groups excluding carboxylic acids is 2. The predicted octanol–water partition coefficient (Wildman–Crippen LogP) is 3.06. The second kappa shape index (κ2) is 6.68. The highest BCUT2D eigenvalue weighted by Crippen LogP contribution is 2.31. The lowest BCUT2D eigenvalue weighted by atomic mass is 10.1. The van der Waals surface area contributed by atoms with E-state index in [2.05, 4.69) is 10.9 Å². The van der Waals surface area contributed by atoms with Gasteiger partial charge in [-0.15, -0.1) is 11.3 Å². The molecule has 0 saturated carbocycles. The number of nitrogens with one attached hydrogen (secondary N) is 2. The number of benzene rings is 2. The minimum atomic E-state index is -0.422. The lowest BCUT2D eigenvalue weighted by Crippen LogP contribution is -2.41. The Labute approximate surface area is 153 Å². The van der Waals surface area contributed by atoms with Crippen molar-refractivity contribution in [2.24, 2.45) is 0 Å². The highest BCUT2D eigenvalue weighted by atomic mass is 32.1. The van der Waals surface area contributed by atoms with Gasteiger partial charge in [-0.05, 0) is 42.1 Å². The molecule has 2 aromatic carbocycles. The van der Waals surface area contributed by atoms with Crippen LogP contribution in [0.15, 0.2) is 42.5 Å². The van der Waals surface area contributed by atoms with Crippen LogP contribution in [0.5, 0.6) is 11.5 Å². The molecule has 26 heavy (non-hydrogen) atoms. The summed E-state index contributed by atoms with van der Waals surface area (Å²) in [6, 6.07) is 12.7. The van der Waals surface area contributed by atoms with Gasteiger partial charge >= 0.3 is 0 Å². The van der Waals surface area contributed by atoms with Crippen LogP contribution in [-0.4, -0.2) is 25.0 Å². The van der Waals surface area contributed by atoms with Crippen LogP contribution in [-0.2, 0) is 0 Å². The van der Waals surface area contributed by atoms with Gasteiger partial charge in [-0.1, -0.05) is 18.2 Å². The average Bonchev–Trinajstić information content (AvgIpc) is 3.02. The van der Waals surface area contributed by atoms with Gasteiger partial charge in [0.15, 0.2) is 11.5 Å². The fraction of sp³-hybridized carbons (Fsp3) is 0.158. The zero-order valence-electron chi connectivity index (χ0n) is 14.0. The molecule has 2 N–H and O–H groups in total. The number of thiophene rings is 1. The van der Waals surface area contributed by atoms with Crippen molar-refractivity contribution in [3.63, 3.8) is 0 Å². The van der Waals surface area contributed by atoms with E-state index in [0.717, 1.165) is 15.6 Å². The SMILES string of the molecule is Cc1c(C(=O)NNC(=O)c2ccc3c(c2)OCCO3)sc2ccccc12.